The Labute approximate surface area is 140 Å². The summed E-state index contributed by atoms with van der Waals surface area (Å²) in [6.45, 7) is 9.71. The summed E-state index contributed by atoms with van der Waals surface area (Å²) >= 11 is 1.83. The average Bonchev–Trinajstić information content (AvgIpc) is 2.90. The van der Waals surface area contributed by atoms with E-state index in [9.17, 15) is 0 Å². The van der Waals surface area contributed by atoms with E-state index >= 15 is 0 Å². The highest BCUT2D eigenvalue weighted by Gasteiger charge is 2.19. The van der Waals surface area contributed by atoms with Gasteiger partial charge in [-0.15, -0.1) is 11.3 Å². The Bertz CT molecular complexity index is 438. The van der Waals surface area contributed by atoms with Gasteiger partial charge in [0.05, 0.1) is 0 Å². The molecule has 1 heterocycles. The first-order chi connectivity index (χ1) is 10.3. The molecule has 1 rings (SSSR count). The molecule has 0 aliphatic heterocycles. The SMILES string of the molecule is CN=C(NCC(C)Cc1cccs1)NCC(C)(C)CN(C)C. The van der Waals surface area contributed by atoms with Gasteiger partial charge in [0.2, 0.25) is 0 Å². The normalized spacial score (nSPS) is 14.2. The summed E-state index contributed by atoms with van der Waals surface area (Å²) in [7, 11) is 6.06. The van der Waals surface area contributed by atoms with Crippen LogP contribution in [0.4, 0.5) is 0 Å². The minimum Gasteiger partial charge on any atom is -0.356 e. The van der Waals surface area contributed by atoms with E-state index in [0.29, 0.717) is 5.92 Å². The Morgan fingerprint density at radius 3 is 2.64 bits per heavy atom. The summed E-state index contributed by atoms with van der Waals surface area (Å²) in [5.74, 6) is 1.48. The molecule has 1 atom stereocenters. The van der Waals surface area contributed by atoms with E-state index in [1.807, 2.05) is 18.4 Å². The molecule has 0 aliphatic rings. The molecule has 0 saturated heterocycles. The van der Waals surface area contributed by atoms with Gasteiger partial charge < -0.3 is 15.5 Å². The van der Waals surface area contributed by atoms with Gasteiger partial charge in [-0.1, -0.05) is 26.8 Å². The van der Waals surface area contributed by atoms with Crippen molar-refractivity contribution in [1.29, 1.82) is 0 Å². The van der Waals surface area contributed by atoms with E-state index < -0.39 is 0 Å². The molecule has 0 aromatic carbocycles. The second-order valence-corrected chi connectivity index (χ2v) is 8.13. The van der Waals surface area contributed by atoms with Crippen molar-refractivity contribution >= 4 is 17.3 Å². The predicted octanol–water partition coefficient (Wildman–Crippen LogP) is 2.68. The summed E-state index contributed by atoms with van der Waals surface area (Å²) in [6.07, 6.45) is 1.12. The number of hydrogen-bond acceptors (Lipinski definition) is 3. The maximum Gasteiger partial charge on any atom is 0.191 e. The molecule has 0 radical (unpaired) electrons. The Morgan fingerprint density at radius 1 is 1.36 bits per heavy atom. The van der Waals surface area contributed by atoms with Crippen LogP contribution in [0.1, 0.15) is 25.6 Å². The highest BCUT2D eigenvalue weighted by atomic mass is 32.1. The highest BCUT2D eigenvalue weighted by Crippen LogP contribution is 2.15. The lowest BCUT2D eigenvalue weighted by Gasteiger charge is -2.29. The highest BCUT2D eigenvalue weighted by molar-refractivity contribution is 7.09. The van der Waals surface area contributed by atoms with Gasteiger partial charge in [0.25, 0.3) is 0 Å². The molecule has 0 fully saturated rings. The fourth-order valence-corrected chi connectivity index (χ4v) is 3.44. The summed E-state index contributed by atoms with van der Waals surface area (Å²) in [5.41, 5.74) is 0.212. The first kappa shape index (κ1) is 19.0. The second kappa shape index (κ2) is 9.16. The molecular formula is C17H32N4S. The standard InChI is InChI=1S/C17H32N4S/c1-14(10-15-8-7-9-22-15)11-19-16(18-4)20-12-17(2,3)13-21(5)6/h7-9,14H,10-13H2,1-6H3,(H2,18,19,20). The van der Waals surface area contributed by atoms with Gasteiger partial charge in [0, 0.05) is 31.6 Å². The molecule has 0 amide bonds. The Hall–Kier alpha value is -1.07. The van der Waals surface area contributed by atoms with Gasteiger partial charge in [-0.05, 0) is 43.3 Å². The van der Waals surface area contributed by atoms with E-state index in [-0.39, 0.29) is 5.41 Å². The monoisotopic (exact) mass is 324 g/mol. The van der Waals surface area contributed by atoms with Gasteiger partial charge in [-0.25, -0.2) is 0 Å². The Kier molecular flexibility index (Phi) is 7.90. The van der Waals surface area contributed by atoms with Gasteiger partial charge in [-0.3, -0.25) is 4.99 Å². The number of aliphatic imine (C=N–C) groups is 1. The predicted molar refractivity (Wildman–Crippen MR) is 98.9 cm³/mol. The van der Waals surface area contributed by atoms with Crippen LogP contribution in [0, 0.1) is 11.3 Å². The van der Waals surface area contributed by atoms with Crippen LogP contribution in [0.5, 0.6) is 0 Å². The smallest absolute Gasteiger partial charge is 0.191 e. The van der Waals surface area contributed by atoms with Crippen LogP contribution in [0.3, 0.4) is 0 Å². The average molecular weight is 325 g/mol. The van der Waals surface area contributed by atoms with E-state index in [1.54, 1.807) is 0 Å². The van der Waals surface area contributed by atoms with Crippen molar-refractivity contribution < 1.29 is 0 Å². The molecule has 126 valence electrons. The lowest BCUT2D eigenvalue weighted by atomic mass is 9.93. The molecule has 0 spiro atoms. The van der Waals surface area contributed by atoms with E-state index in [4.69, 9.17) is 0 Å². The molecule has 2 N–H and O–H groups in total. The van der Waals surface area contributed by atoms with Crippen LogP contribution in [-0.2, 0) is 6.42 Å². The molecule has 0 aliphatic carbocycles. The van der Waals surface area contributed by atoms with Crippen LogP contribution in [-0.4, -0.2) is 51.6 Å². The number of hydrogen-bond donors (Lipinski definition) is 2. The summed E-state index contributed by atoms with van der Waals surface area (Å²) in [6, 6.07) is 4.32. The minimum absolute atomic E-state index is 0.212. The first-order valence-corrected chi connectivity index (χ1v) is 8.82. The van der Waals surface area contributed by atoms with Crippen molar-refractivity contribution in [3.63, 3.8) is 0 Å². The van der Waals surface area contributed by atoms with Crippen LogP contribution >= 0.6 is 11.3 Å². The minimum atomic E-state index is 0.212. The second-order valence-electron chi connectivity index (χ2n) is 7.10. The fraction of sp³-hybridized carbons (Fsp3) is 0.706. The first-order valence-electron chi connectivity index (χ1n) is 7.94. The zero-order valence-corrected chi connectivity index (χ0v) is 15.8. The van der Waals surface area contributed by atoms with Crippen molar-refractivity contribution in [2.45, 2.75) is 27.2 Å². The van der Waals surface area contributed by atoms with Crippen molar-refractivity contribution in [3.05, 3.63) is 22.4 Å². The fourth-order valence-electron chi connectivity index (χ4n) is 2.57. The summed E-state index contributed by atoms with van der Waals surface area (Å²) in [5, 5.41) is 9.02. The van der Waals surface area contributed by atoms with E-state index in [0.717, 1.165) is 32.0 Å². The van der Waals surface area contributed by atoms with Gasteiger partial charge in [0.1, 0.15) is 0 Å². The van der Waals surface area contributed by atoms with Crippen LogP contribution < -0.4 is 10.6 Å². The maximum atomic E-state index is 4.32. The molecule has 0 bridgehead atoms. The van der Waals surface area contributed by atoms with E-state index in [1.165, 1.54) is 4.88 Å². The number of thiophene rings is 1. The van der Waals surface area contributed by atoms with Gasteiger partial charge >= 0.3 is 0 Å². The molecular weight excluding hydrogens is 292 g/mol. The zero-order chi connectivity index (χ0) is 16.6. The topological polar surface area (TPSA) is 39.7 Å². The summed E-state index contributed by atoms with van der Waals surface area (Å²) < 4.78 is 0. The maximum absolute atomic E-state index is 4.32. The third-order valence-corrected chi connectivity index (χ3v) is 4.35. The number of rotatable bonds is 8. The molecule has 0 saturated carbocycles. The number of nitrogens with zero attached hydrogens (tertiary/aromatic N) is 2. The molecule has 5 heteroatoms. The number of nitrogens with one attached hydrogen (secondary N) is 2. The quantitative estimate of drug-likeness (QED) is 0.570. The molecule has 1 aromatic heterocycles. The largest absolute Gasteiger partial charge is 0.356 e. The molecule has 1 aromatic rings. The molecule has 4 nitrogen and oxygen atoms in total. The summed E-state index contributed by atoms with van der Waals surface area (Å²) in [4.78, 5) is 7.99. The number of guanidine groups is 1. The van der Waals surface area contributed by atoms with Crippen molar-refractivity contribution in [3.8, 4) is 0 Å². The molecule has 1 unspecified atom stereocenters. The Balaban J connectivity index is 2.33. The lowest BCUT2D eigenvalue weighted by molar-refractivity contribution is 0.241. The Morgan fingerprint density at radius 2 is 2.09 bits per heavy atom. The van der Waals surface area contributed by atoms with Crippen molar-refractivity contribution in [1.82, 2.24) is 15.5 Å². The zero-order valence-electron chi connectivity index (χ0n) is 14.9. The third kappa shape index (κ3) is 7.80. The van der Waals surface area contributed by atoms with Gasteiger partial charge in [0.15, 0.2) is 5.96 Å². The lowest BCUT2D eigenvalue weighted by Crippen LogP contribution is -2.45. The van der Waals surface area contributed by atoms with Crippen LogP contribution in [0.25, 0.3) is 0 Å². The third-order valence-electron chi connectivity index (χ3n) is 3.45. The van der Waals surface area contributed by atoms with Gasteiger partial charge in [-0.2, -0.15) is 0 Å². The van der Waals surface area contributed by atoms with Crippen LogP contribution in [0.15, 0.2) is 22.5 Å². The van der Waals surface area contributed by atoms with Crippen LogP contribution in [0.2, 0.25) is 0 Å². The van der Waals surface area contributed by atoms with Crippen molar-refractivity contribution in [2.24, 2.45) is 16.3 Å². The van der Waals surface area contributed by atoms with E-state index in [2.05, 4.69) is 72.9 Å². The molecule has 22 heavy (non-hydrogen) atoms. The van der Waals surface area contributed by atoms with Crippen molar-refractivity contribution in [2.75, 3.05) is 40.8 Å².